The molecule has 0 fully saturated rings. The predicted octanol–water partition coefficient (Wildman–Crippen LogP) is 2.79. The van der Waals surface area contributed by atoms with E-state index >= 15 is 0 Å². The number of amides is 1. The van der Waals surface area contributed by atoms with Crippen molar-refractivity contribution >= 4 is 23.8 Å². The van der Waals surface area contributed by atoms with Crippen LogP contribution in [0.3, 0.4) is 0 Å². The maximum Gasteiger partial charge on any atom is 0.328 e. The smallest absolute Gasteiger partial charge is 0.328 e. The molecule has 1 aromatic rings. The topological polar surface area (TPSA) is 134 Å². The van der Waals surface area contributed by atoms with Crippen molar-refractivity contribution in [1.82, 2.24) is 5.32 Å². The Balaban J connectivity index is 2.73. The first kappa shape index (κ1) is 29.1. The van der Waals surface area contributed by atoms with Gasteiger partial charge in [0, 0.05) is 12.8 Å². The molecule has 0 aliphatic carbocycles. The van der Waals surface area contributed by atoms with Gasteiger partial charge in [0.1, 0.15) is 23.9 Å². The molecule has 2 atom stereocenters. The molecule has 1 rings (SSSR count). The number of hydrogen-bond donors (Lipinski definition) is 2. The van der Waals surface area contributed by atoms with Gasteiger partial charge in [-0.05, 0) is 59.9 Å². The Labute approximate surface area is 201 Å². The van der Waals surface area contributed by atoms with Gasteiger partial charge < -0.3 is 25.3 Å². The van der Waals surface area contributed by atoms with E-state index in [1.807, 2.05) is 18.2 Å². The fourth-order valence-corrected chi connectivity index (χ4v) is 2.81. The maximum absolute atomic E-state index is 12.7. The van der Waals surface area contributed by atoms with E-state index in [2.05, 4.69) is 5.32 Å². The van der Waals surface area contributed by atoms with Gasteiger partial charge in [-0.3, -0.25) is 14.4 Å². The molecular weight excluding hydrogens is 440 g/mol. The molecule has 1 aromatic carbocycles. The summed E-state index contributed by atoms with van der Waals surface area (Å²) in [4.78, 5) is 49.3. The number of hydrogen-bond acceptors (Lipinski definition) is 8. The Bertz CT molecular complexity index is 826. The zero-order chi connectivity index (χ0) is 25.9. The number of esters is 3. The molecule has 0 heterocycles. The molecule has 0 spiro atoms. The monoisotopic (exact) mass is 478 g/mol. The summed E-state index contributed by atoms with van der Waals surface area (Å²) in [6.07, 6.45) is -0.131. The molecule has 0 saturated heterocycles. The number of nitrogens with one attached hydrogen (secondary N) is 1. The molecule has 0 saturated carbocycles. The Kier molecular flexibility index (Phi) is 11.2. The first-order chi connectivity index (χ1) is 15.7. The van der Waals surface area contributed by atoms with E-state index in [1.165, 1.54) is 0 Å². The third kappa shape index (κ3) is 12.9. The average molecular weight is 479 g/mol. The van der Waals surface area contributed by atoms with Gasteiger partial charge >= 0.3 is 17.9 Å². The van der Waals surface area contributed by atoms with Crippen molar-refractivity contribution in [1.29, 1.82) is 0 Å². The minimum absolute atomic E-state index is 0.0170. The standard InChI is InChI=1S/C25H38N2O7/c1-24(2,3)33-20(28)14-12-18(26)22(30)27-19(13-15-21(29)34-25(4,5)6)23(31)32-16-17-10-8-7-9-11-17/h7-11,18-19H,12-16,26H2,1-6H3,(H,27,30)/t18-,19-/m0/s1. The first-order valence-corrected chi connectivity index (χ1v) is 11.4. The van der Waals surface area contributed by atoms with E-state index in [0.717, 1.165) is 5.56 Å². The third-order valence-corrected chi connectivity index (χ3v) is 4.30. The molecule has 3 N–H and O–H groups in total. The van der Waals surface area contributed by atoms with E-state index in [4.69, 9.17) is 19.9 Å². The second kappa shape index (κ2) is 13.1. The molecule has 9 nitrogen and oxygen atoms in total. The van der Waals surface area contributed by atoms with Gasteiger partial charge in [0.15, 0.2) is 0 Å². The summed E-state index contributed by atoms with van der Waals surface area (Å²) < 4.78 is 15.8. The maximum atomic E-state index is 12.7. The number of carbonyl (C=O) groups excluding carboxylic acids is 4. The summed E-state index contributed by atoms with van der Waals surface area (Å²) in [6, 6.07) is 6.93. The lowest BCUT2D eigenvalue weighted by atomic mass is 10.1. The summed E-state index contributed by atoms with van der Waals surface area (Å²) in [5.41, 5.74) is 5.39. The van der Waals surface area contributed by atoms with Crippen LogP contribution in [-0.4, -0.2) is 47.1 Å². The molecule has 9 heteroatoms. The van der Waals surface area contributed by atoms with Crippen LogP contribution in [0.2, 0.25) is 0 Å². The van der Waals surface area contributed by atoms with Crippen LogP contribution in [0.1, 0.15) is 72.8 Å². The molecule has 34 heavy (non-hydrogen) atoms. The van der Waals surface area contributed by atoms with E-state index in [0.29, 0.717) is 0 Å². The minimum atomic E-state index is -1.10. The van der Waals surface area contributed by atoms with Crippen molar-refractivity contribution < 1.29 is 33.4 Å². The lowest BCUT2D eigenvalue weighted by Gasteiger charge is -2.22. The van der Waals surface area contributed by atoms with E-state index in [-0.39, 0.29) is 32.3 Å². The molecule has 0 radical (unpaired) electrons. The van der Waals surface area contributed by atoms with Crippen LogP contribution in [0.4, 0.5) is 0 Å². The summed E-state index contributed by atoms with van der Waals surface area (Å²) in [7, 11) is 0. The lowest BCUT2D eigenvalue weighted by Crippen LogP contribution is -2.49. The van der Waals surface area contributed by atoms with Crippen LogP contribution in [0.25, 0.3) is 0 Å². The van der Waals surface area contributed by atoms with Crippen LogP contribution in [0.5, 0.6) is 0 Å². The van der Waals surface area contributed by atoms with E-state index < -0.39 is 47.1 Å². The number of carbonyl (C=O) groups is 4. The van der Waals surface area contributed by atoms with Crippen LogP contribution in [0, 0.1) is 0 Å². The van der Waals surface area contributed by atoms with Crippen molar-refractivity contribution in [3.63, 3.8) is 0 Å². The minimum Gasteiger partial charge on any atom is -0.460 e. The molecule has 0 unspecified atom stereocenters. The molecule has 1 amide bonds. The van der Waals surface area contributed by atoms with Crippen molar-refractivity contribution in [3.8, 4) is 0 Å². The third-order valence-electron chi connectivity index (χ3n) is 4.30. The summed E-state index contributed by atoms with van der Waals surface area (Å²) in [5, 5.41) is 2.54. The van der Waals surface area contributed by atoms with Gasteiger partial charge in [-0.1, -0.05) is 30.3 Å². The second-order valence-corrected chi connectivity index (χ2v) is 10.0. The Hall–Kier alpha value is -2.94. The fourth-order valence-electron chi connectivity index (χ4n) is 2.81. The highest BCUT2D eigenvalue weighted by molar-refractivity contribution is 5.88. The predicted molar refractivity (Wildman–Crippen MR) is 126 cm³/mol. The van der Waals surface area contributed by atoms with Crippen LogP contribution >= 0.6 is 0 Å². The second-order valence-electron chi connectivity index (χ2n) is 10.0. The molecule has 190 valence electrons. The van der Waals surface area contributed by atoms with Crippen molar-refractivity contribution in [2.75, 3.05) is 0 Å². The Morgan fingerprint density at radius 1 is 0.853 bits per heavy atom. The van der Waals surface area contributed by atoms with E-state index in [1.54, 1.807) is 53.7 Å². The van der Waals surface area contributed by atoms with Crippen LogP contribution in [-0.2, 0) is 40.0 Å². The highest BCUT2D eigenvalue weighted by Gasteiger charge is 2.28. The van der Waals surface area contributed by atoms with Gasteiger partial charge in [-0.15, -0.1) is 0 Å². The van der Waals surface area contributed by atoms with Gasteiger partial charge in [-0.25, -0.2) is 4.79 Å². The van der Waals surface area contributed by atoms with Crippen molar-refractivity contribution in [3.05, 3.63) is 35.9 Å². The van der Waals surface area contributed by atoms with Crippen molar-refractivity contribution in [2.45, 2.75) is 97.1 Å². The largest absolute Gasteiger partial charge is 0.460 e. The number of benzene rings is 1. The number of ether oxygens (including phenoxy) is 3. The number of nitrogens with two attached hydrogens (primary N) is 1. The van der Waals surface area contributed by atoms with Crippen molar-refractivity contribution in [2.24, 2.45) is 5.73 Å². The molecule has 0 aliphatic heterocycles. The molecular formula is C25H38N2O7. The lowest BCUT2D eigenvalue weighted by molar-refractivity contribution is -0.157. The highest BCUT2D eigenvalue weighted by atomic mass is 16.6. The Morgan fingerprint density at radius 2 is 1.35 bits per heavy atom. The van der Waals surface area contributed by atoms with Gasteiger partial charge in [0.05, 0.1) is 6.04 Å². The highest BCUT2D eigenvalue weighted by Crippen LogP contribution is 2.13. The fraction of sp³-hybridized carbons (Fsp3) is 0.600. The average Bonchev–Trinajstić information content (AvgIpc) is 2.71. The first-order valence-electron chi connectivity index (χ1n) is 11.4. The summed E-state index contributed by atoms with van der Waals surface area (Å²) >= 11 is 0. The van der Waals surface area contributed by atoms with Crippen LogP contribution < -0.4 is 11.1 Å². The summed E-state index contributed by atoms with van der Waals surface area (Å²) in [6.45, 7) is 10.5. The number of rotatable bonds is 11. The molecule has 0 aliphatic rings. The van der Waals surface area contributed by atoms with Gasteiger partial charge in [0.2, 0.25) is 5.91 Å². The van der Waals surface area contributed by atoms with Gasteiger partial charge in [0.25, 0.3) is 0 Å². The van der Waals surface area contributed by atoms with Gasteiger partial charge in [-0.2, -0.15) is 0 Å². The molecule has 0 bridgehead atoms. The Morgan fingerprint density at radius 3 is 1.85 bits per heavy atom. The zero-order valence-corrected chi connectivity index (χ0v) is 21.0. The van der Waals surface area contributed by atoms with E-state index in [9.17, 15) is 19.2 Å². The normalized spacial score (nSPS) is 13.4. The zero-order valence-electron chi connectivity index (χ0n) is 21.0. The molecule has 0 aromatic heterocycles. The summed E-state index contributed by atoms with van der Waals surface area (Å²) in [5.74, 6) is -2.30. The quantitative estimate of drug-likeness (QED) is 0.366. The SMILES string of the molecule is CC(C)(C)OC(=O)CC[C@H](NC(=O)[C@@H](N)CCC(=O)OC(C)(C)C)C(=O)OCc1ccccc1. The van der Waals surface area contributed by atoms with Crippen LogP contribution in [0.15, 0.2) is 30.3 Å².